The van der Waals surface area contributed by atoms with Gasteiger partial charge in [-0.25, -0.2) is 0 Å². The van der Waals surface area contributed by atoms with Crippen molar-refractivity contribution in [1.29, 1.82) is 5.26 Å². The van der Waals surface area contributed by atoms with Gasteiger partial charge >= 0.3 is 0 Å². The van der Waals surface area contributed by atoms with Gasteiger partial charge in [0.2, 0.25) is 5.91 Å². The molecule has 1 heterocycles. The molecule has 1 unspecified atom stereocenters. The molecule has 6 nitrogen and oxygen atoms in total. The van der Waals surface area contributed by atoms with Gasteiger partial charge in [0.05, 0.1) is 25.3 Å². The fourth-order valence-corrected chi connectivity index (χ4v) is 3.13. The summed E-state index contributed by atoms with van der Waals surface area (Å²) in [6.45, 7) is 5.50. The first kappa shape index (κ1) is 19.1. The number of hydrogen-bond donors (Lipinski definition) is 1. The van der Waals surface area contributed by atoms with Gasteiger partial charge in [-0.3, -0.25) is 9.69 Å². The van der Waals surface area contributed by atoms with Crippen LogP contribution < -0.4 is 14.8 Å². The number of carbonyl (C=O) groups excluding carboxylic acids is 1. The lowest BCUT2D eigenvalue weighted by molar-refractivity contribution is -0.121. The Bertz CT molecular complexity index is 612. The van der Waals surface area contributed by atoms with Gasteiger partial charge in [-0.2, -0.15) is 5.26 Å². The van der Waals surface area contributed by atoms with E-state index in [4.69, 9.17) is 14.7 Å². The number of rotatable bonds is 9. The molecule has 1 aliphatic rings. The van der Waals surface area contributed by atoms with E-state index in [9.17, 15) is 4.79 Å². The number of methoxy groups -OCH3 is 1. The third-order valence-electron chi connectivity index (χ3n) is 4.54. The molecule has 6 heteroatoms. The third-order valence-corrected chi connectivity index (χ3v) is 4.54. The summed E-state index contributed by atoms with van der Waals surface area (Å²) in [7, 11) is 1.54. The molecule has 136 valence electrons. The molecule has 0 radical (unpaired) electrons. The molecule has 1 fully saturated rings. The normalized spacial score (nSPS) is 17.1. The van der Waals surface area contributed by atoms with Gasteiger partial charge < -0.3 is 14.8 Å². The van der Waals surface area contributed by atoms with Crippen molar-refractivity contribution < 1.29 is 14.3 Å². The lowest BCUT2D eigenvalue weighted by Crippen LogP contribution is -2.40. The second-order valence-electron chi connectivity index (χ2n) is 6.16. The van der Waals surface area contributed by atoms with Gasteiger partial charge in [0, 0.05) is 25.1 Å². The second-order valence-corrected chi connectivity index (χ2v) is 6.16. The molecule has 0 bridgehead atoms. The van der Waals surface area contributed by atoms with Gasteiger partial charge in [0.1, 0.15) is 0 Å². The quantitative estimate of drug-likeness (QED) is 0.695. The van der Waals surface area contributed by atoms with Gasteiger partial charge in [0.15, 0.2) is 11.5 Å². The average Bonchev–Trinajstić information content (AvgIpc) is 3.11. The Morgan fingerprint density at radius 3 is 3.00 bits per heavy atom. The van der Waals surface area contributed by atoms with E-state index in [1.165, 1.54) is 6.42 Å². The molecule has 1 atom stereocenters. The summed E-state index contributed by atoms with van der Waals surface area (Å²) >= 11 is 0. The molecular weight excluding hydrogens is 318 g/mol. The minimum atomic E-state index is 0.0679. The Balaban J connectivity index is 1.67. The Hall–Kier alpha value is -2.26. The Kier molecular flexibility index (Phi) is 7.55. The number of amides is 1. The maximum atomic E-state index is 12.0. The van der Waals surface area contributed by atoms with Crippen molar-refractivity contribution in [2.75, 3.05) is 33.4 Å². The van der Waals surface area contributed by atoms with Crippen molar-refractivity contribution >= 4 is 5.91 Å². The van der Waals surface area contributed by atoms with Crippen LogP contribution >= 0.6 is 0 Å². The zero-order valence-electron chi connectivity index (χ0n) is 15.1. The monoisotopic (exact) mass is 345 g/mol. The van der Waals surface area contributed by atoms with E-state index in [2.05, 4.69) is 23.2 Å². The minimum absolute atomic E-state index is 0.0679. The lowest BCUT2D eigenvalue weighted by atomic mass is 10.2. The van der Waals surface area contributed by atoms with E-state index in [0.29, 0.717) is 42.6 Å². The SMILES string of the molecule is CCN1CCCC1CNC(=O)CCCOc1ccc(C#N)cc1OC. The van der Waals surface area contributed by atoms with Crippen LogP contribution in [0.2, 0.25) is 0 Å². The molecule has 1 N–H and O–H groups in total. The highest BCUT2D eigenvalue weighted by molar-refractivity contribution is 5.75. The first-order chi connectivity index (χ1) is 12.2. The van der Waals surface area contributed by atoms with Crippen molar-refractivity contribution in [3.8, 4) is 17.6 Å². The summed E-state index contributed by atoms with van der Waals surface area (Å²) in [4.78, 5) is 14.4. The Morgan fingerprint density at radius 1 is 1.44 bits per heavy atom. The fraction of sp³-hybridized carbons (Fsp3) is 0.579. The average molecular weight is 345 g/mol. The van der Waals surface area contributed by atoms with Gasteiger partial charge in [-0.05, 0) is 44.5 Å². The van der Waals surface area contributed by atoms with Crippen molar-refractivity contribution in [2.45, 2.75) is 38.6 Å². The lowest BCUT2D eigenvalue weighted by Gasteiger charge is -2.22. The van der Waals surface area contributed by atoms with Crippen molar-refractivity contribution in [3.63, 3.8) is 0 Å². The highest BCUT2D eigenvalue weighted by Gasteiger charge is 2.22. The van der Waals surface area contributed by atoms with Crippen LogP contribution in [0.3, 0.4) is 0 Å². The van der Waals surface area contributed by atoms with Crippen LogP contribution in [0.5, 0.6) is 11.5 Å². The van der Waals surface area contributed by atoms with E-state index in [-0.39, 0.29) is 5.91 Å². The van der Waals surface area contributed by atoms with E-state index < -0.39 is 0 Å². The van der Waals surface area contributed by atoms with Crippen molar-refractivity contribution in [1.82, 2.24) is 10.2 Å². The second kappa shape index (κ2) is 9.90. The number of likely N-dealkylation sites (tertiary alicyclic amines) is 1. The van der Waals surface area contributed by atoms with Crippen LogP contribution in [0.25, 0.3) is 0 Å². The minimum Gasteiger partial charge on any atom is -0.493 e. The molecule has 0 aliphatic carbocycles. The summed E-state index contributed by atoms with van der Waals surface area (Å²) < 4.78 is 10.9. The Labute approximate surface area is 149 Å². The van der Waals surface area contributed by atoms with Crippen LogP contribution in [-0.4, -0.2) is 50.2 Å². The molecule has 1 aromatic carbocycles. The van der Waals surface area contributed by atoms with Crippen LogP contribution in [0.1, 0.15) is 38.2 Å². The molecule has 25 heavy (non-hydrogen) atoms. The predicted octanol–water partition coefficient (Wildman–Crippen LogP) is 2.33. The summed E-state index contributed by atoms with van der Waals surface area (Å²) in [6.07, 6.45) is 3.46. The summed E-state index contributed by atoms with van der Waals surface area (Å²) in [5.41, 5.74) is 0.525. The van der Waals surface area contributed by atoms with Gasteiger partial charge in [0.25, 0.3) is 0 Å². The first-order valence-electron chi connectivity index (χ1n) is 8.89. The molecule has 0 saturated carbocycles. The molecule has 1 amide bonds. The number of nitrogens with one attached hydrogen (secondary N) is 1. The third kappa shape index (κ3) is 5.64. The first-order valence-corrected chi connectivity index (χ1v) is 8.89. The Morgan fingerprint density at radius 2 is 2.28 bits per heavy atom. The number of likely N-dealkylation sites (N-methyl/N-ethyl adjacent to an activating group) is 1. The van der Waals surface area contributed by atoms with Crippen LogP contribution in [0.15, 0.2) is 18.2 Å². The van der Waals surface area contributed by atoms with Crippen LogP contribution in [0.4, 0.5) is 0 Å². The van der Waals surface area contributed by atoms with Crippen LogP contribution in [0, 0.1) is 11.3 Å². The highest BCUT2D eigenvalue weighted by atomic mass is 16.5. The number of nitriles is 1. The maximum Gasteiger partial charge on any atom is 0.220 e. The van der Waals surface area contributed by atoms with Crippen molar-refractivity contribution in [2.24, 2.45) is 0 Å². The fourth-order valence-electron chi connectivity index (χ4n) is 3.13. The molecule has 0 spiro atoms. The van der Waals surface area contributed by atoms with Gasteiger partial charge in [-0.15, -0.1) is 0 Å². The smallest absolute Gasteiger partial charge is 0.220 e. The van der Waals surface area contributed by atoms with E-state index in [1.54, 1.807) is 25.3 Å². The highest BCUT2D eigenvalue weighted by Crippen LogP contribution is 2.27. The van der Waals surface area contributed by atoms with E-state index >= 15 is 0 Å². The molecule has 2 rings (SSSR count). The maximum absolute atomic E-state index is 12.0. The van der Waals surface area contributed by atoms with Crippen LogP contribution in [-0.2, 0) is 4.79 Å². The molecular formula is C19H27N3O3. The summed E-state index contributed by atoms with van der Waals surface area (Å²) in [5.74, 6) is 1.19. The number of hydrogen-bond acceptors (Lipinski definition) is 5. The molecule has 1 aromatic rings. The zero-order chi connectivity index (χ0) is 18.1. The molecule has 1 aliphatic heterocycles. The number of carbonyl (C=O) groups is 1. The van der Waals surface area contributed by atoms with E-state index in [0.717, 1.165) is 26.1 Å². The standard InChI is InChI=1S/C19H27N3O3/c1-3-22-10-4-6-16(22)14-21-19(23)7-5-11-25-17-9-8-15(13-20)12-18(17)24-2/h8-9,12,16H,3-7,10-11,14H2,1-2H3,(H,21,23). The predicted molar refractivity (Wildman–Crippen MR) is 95.7 cm³/mol. The van der Waals surface area contributed by atoms with Gasteiger partial charge in [-0.1, -0.05) is 6.92 Å². The number of benzene rings is 1. The zero-order valence-corrected chi connectivity index (χ0v) is 15.1. The molecule has 0 aromatic heterocycles. The number of nitrogens with zero attached hydrogens (tertiary/aromatic N) is 2. The topological polar surface area (TPSA) is 74.6 Å². The summed E-state index contributed by atoms with van der Waals surface area (Å²) in [6, 6.07) is 7.59. The summed E-state index contributed by atoms with van der Waals surface area (Å²) in [5, 5.41) is 11.9. The van der Waals surface area contributed by atoms with Crippen molar-refractivity contribution in [3.05, 3.63) is 23.8 Å². The largest absolute Gasteiger partial charge is 0.493 e. The number of ether oxygens (including phenoxy) is 2. The van der Waals surface area contributed by atoms with E-state index in [1.807, 2.05) is 0 Å². The molecule has 1 saturated heterocycles.